The average Bonchev–Trinajstić information content (AvgIpc) is 3.08. The number of hydrogen-bond donors (Lipinski definition) is 2. The Morgan fingerprint density at radius 1 is 1.15 bits per heavy atom. The molecule has 0 spiro atoms. The molecule has 2 aliphatic rings. The molecule has 0 bridgehead atoms. The van der Waals surface area contributed by atoms with Gasteiger partial charge in [0.05, 0.1) is 11.3 Å². The van der Waals surface area contributed by atoms with E-state index in [0.717, 1.165) is 25.7 Å². The third-order valence-corrected chi connectivity index (χ3v) is 3.56. The fourth-order valence-electron chi connectivity index (χ4n) is 2.28. The lowest BCUT2D eigenvalue weighted by atomic mass is 10.1. The van der Waals surface area contributed by atoms with E-state index in [-0.39, 0.29) is 11.8 Å². The molecule has 1 aromatic rings. The Morgan fingerprint density at radius 3 is 2.65 bits per heavy atom. The Morgan fingerprint density at radius 2 is 1.95 bits per heavy atom. The average molecular weight is 274 g/mol. The fraction of sp³-hybridized carbons (Fsp3) is 0.467. The summed E-state index contributed by atoms with van der Waals surface area (Å²) < 4.78 is 5.35. The lowest BCUT2D eigenvalue weighted by molar-refractivity contribution is -0.124. The summed E-state index contributed by atoms with van der Waals surface area (Å²) in [6, 6.07) is 7.37. The van der Waals surface area contributed by atoms with Gasteiger partial charge in [0.25, 0.3) is 11.8 Å². The molecule has 3 rings (SSSR count). The van der Waals surface area contributed by atoms with Gasteiger partial charge in [-0.2, -0.15) is 0 Å². The molecular formula is C15H18N2O3. The summed E-state index contributed by atoms with van der Waals surface area (Å²) in [7, 11) is 0. The normalized spacial score (nSPS) is 21.5. The molecule has 5 heteroatoms. The van der Waals surface area contributed by atoms with Crippen LogP contribution in [0, 0.1) is 0 Å². The maximum atomic E-state index is 12.1. The van der Waals surface area contributed by atoms with Crippen LogP contribution in [-0.2, 0) is 9.53 Å². The molecule has 1 aromatic carbocycles. The van der Waals surface area contributed by atoms with Gasteiger partial charge in [0, 0.05) is 12.6 Å². The van der Waals surface area contributed by atoms with E-state index >= 15 is 0 Å². The quantitative estimate of drug-likeness (QED) is 0.878. The van der Waals surface area contributed by atoms with Crippen molar-refractivity contribution in [1.29, 1.82) is 0 Å². The van der Waals surface area contributed by atoms with Crippen molar-refractivity contribution < 1.29 is 14.3 Å². The highest BCUT2D eigenvalue weighted by Gasteiger charge is 2.27. The molecule has 2 amide bonds. The van der Waals surface area contributed by atoms with E-state index in [1.807, 2.05) is 0 Å². The summed E-state index contributed by atoms with van der Waals surface area (Å²) in [4.78, 5) is 24.2. The SMILES string of the molecule is O=C(NC1CC1)c1ccccc1NC(=O)[C@H]1CCCO1. The standard InChI is InChI=1S/C15H18N2O3/c18-14(16-10-7-8-10)11-4-1-2-5-12(11)17-15(19)13-6-3-9-20-13/h1-2,4-5,10,13H,3,6-9H2,(H,16,18)(H,17,19)/t13-/m1/s1. The molecule has 1 aliphatic heterocycles. The molecule has 2 fully saturated rings. The minimum Gasteiger partial charge on any atom is -0.368 e. The number of rotatable bonds is 4. The zero-order valence-corrected chi connectivity index (χ0v) is 11.2. The van der Waals surface area contributed by atoms with Crippen LogP contribution in [-0.4, -0.2) is 30.6 Å². The van der Waals surface area contributed by atoms with Crippen molar-refractivity contribution in [2.75, 3.05) is 11.9 Å². The Bertz CT molecular complexity index is 520. The van der Waals surface area contributed by atoms with Gasteiger partial charge in [0.2, 0.25) is 0 Å². The second-order valence-electron chi connectivity index (χ2n) is 5.28. The zero-order valence-electron chi connectivity index (χ0n) is 11.2. The van der Waals surface area contributed by atoms with Crippen LogP contribution in [0.2, 0.25) is 0 Å². The number of hydrogen-bond acceptors (Lipinski definition) is 3. The number of benzene rings is 1. The predicted molar refractivity (Wildman–Crippen MR) is 74.5 cm³/mol. The summed E-state index contributed by atoms with van der Waals surface area (Å²) in [5.74, 6) is -0.301. The Labute approximate surface area is 117 Å². The van der Waals surface area contributed by atoms with E-state index in [4.69, 9.17) is 4.74 Å². The van der Waals surface area contributed by atoms with Gasteiger partial charge < -0.3 is 15.4 Å². The van der Waals surface area contributed by atoms with Crippen LogP contribution in [0.4, 0.5) is 5.69 Å². The van der Waals surface area contributed by atoms with Crippen LogP contribution in [0.3, 0.4) is 0 Å². The molecule has 1 aliphatic carbocycles. The van der Waals surface area contributed by atoms with Crippen LogP contribution in [0.15, 0.2) is 24.3 Å². The van der Waals surface area contributed by atoms with Crippen molar-refractivity contribution in [3.63, 3.8) is 0 Å². The molecule has 1 saturated heterocycles. The summed E-state index contributed by atoms with van der Waals surface area (Å²) in [5, 5.41) is 5.73. The van der Waals surface area contributed by atoms with E-state index in [9.17, 15) is 9.59 Å². The summed E-state index contributed by atoms with van der Waals surface area (Å²) >= 11 is 0. The van der Waals surface area contributed by atoms with E-state index in [2.05, 4.69) is 10.6 Å². The van der Waals surface area contributed by atoms with Crippen molar-refractivity contribution in [3.8, 4) is 0 Å². The van der Waals surface area contributed by atoms with E-state index < -0.39 is 6.10 Å². The molecule has 5 nitrogen and oxygen atoms in total. The van der Waals surface area contributed by atoms with E-state index in [0.29, 0.717) is 23.9 Å². The first-order valence-corrected chi connectivity index (χ1v) is 7.06. The molecule has 20 heavy (non-hydrogen) atoms. The zero-order chi connectivity index (χ0) is 13.9. The minimum atomic E-state index is -0.394. The maximum Gasteiger partial charge on any atom is 0.253 e. The summed E-state index contributed by atoms with van der Waals surface area (Å²) in [6.07, 6.45) is 3.32. The highest BCUT2D eigenvalue weighted by Crippen LogP contribution is 2.22. The molecule has 1 saturated carbocycles. The lowest BCUT2D eigenvalue weighted by Crippen LogP contribution is -2.30. The number of carbonyl (C=O) groups excluding carboxylic acids is 2. The van der Waals surface area contributed by atoms with Crippen LogP contribution in [0.1, 0.15) is 36.0 Å². The van der Waals surface area contributed by atoms with Gasteiger partial charge in [-0.05, 0) is 37.8 Å². The number of carbonyl (C=O) groups is 2. The first-order valence-electron chi connectivity index (χ1n) is 7.06. The molecule has 1 heterocycles. The van der Waals surface area contributed by atoms with Crippen LogP contribution < -0.4 is 10.6 Å². The van der Waals surface area contributed by atoms with Crippen molar-refractivity contribution in [1.82, 2.24) is 5.32 Å². The third-order valence-electron chi connectivity index (χ3n) is 3.56. The summed E-state index contributed by atoms with van der Waals surface area (Å²) in [6.45, 7) is 0.627. The van der Waals surface area contributed by atoms with Gasteiger partial charge in [-0.25, -0.2) is 0 Å². The van der Waals surface area contributed by atoms with Gasteiger partial charge in [-0.3, -0.25) is 9.59 Å². The third kappa shape index (κ3) is 2.99. The Kier molecular flexibility index (Phi) is 3.69. The Balaban J connectivity index is 1.71. The van der Waals surface area contributed by atoms with Gasteiger partial charge in [-0.1, -0.05) is 12.1 Å². The molecule has 1 atom stereocenters. The van der Waals surface area contributed by atoms with Crippen molar-refractivity contribution in [2.24, 2.45) is 0 Å². The number of ether oxygens (including phenoxy) is 1. The minimum absolute atomic E-state index is 0.129. The van der Waals surface area contributed by atoms with E-state index in [1.54, 1.807) is 24.3 Å². The monoisotopic (exact) mass is 274 g/mol. The largest absolute Gasteiger partial charge is 0.368 e. The highest BCUT2D eigenvalue weighted by molar-refractivity contribution is 6.04. The molecule has 0 radical (unpaired) electrons. The smallest absolute Gasteiger partial charge is 0.253 e. The van der Waals surface area contributed by atoms with Crippen molar-refractivity contribution >= 4 is 17.5 Å². The highest BCUT2D eigenvalue weighted by atomic mass is 16.5. The van der Waals surface area contributed by atoms with Crippen molar-refractivity contribution in [2.45, 2.75) is 37.8 Å². The number of amides is 2. The molecule has 0 unspecified atom stereocenters. The second-order valence-corrected chi connectivity index (χ2v) is 5.28. The number of nitrogens with one attached hydrogen (secondary N) is 2. The number of anilines is 1. The second kappa shape index (κ2) is 5.63. The molecule has 106 valence electrons. The topological polar surface area (TPSA) is 67.4 Å². The molecule has 2 N–H and O–H groups in total. The Hall–Kier alpha value is -1.88. The molecule has 0 aromatic heterocycles. The van der Waals surface area contributed by atoms with Gasteiger partial charge in [-0.15, -0.1) is 0 Å². The van der Waals surface area contributed by atoms with Crippen LogP contribution >= 0.6 is 0 Å². The fourth-order valence-corrected chi connectivity index (χ4v) is 2.28. The van der Waals surface area contributed by atoms with Crippen LogP contribution in [0.25, 0.3) is 0 Å². The van der Waals surface area contributed by atoms with Crippen molar-refractivity contribution in [3.05, 3.63) is 29.8 Å². The first-order chi connectivity index (χ1) is 9.74. The maximum absolute atomic E-state index is 12.1. The van der Waals surface area contributed by atoms with Crippen LogP contribution in [0.5, 0.6) is 0 Å². The van der Waals surface area contributed by atoms with E-state index in [1.165, 1.54) is 0 Å². The summed E-state index contributed by atoms with van der Waals surface area (Å²) in [5.41, 5.74) is 1.05. The first kappa shape index (κ1) is 13.1. The van der Waals surface area contributed by atoms with Gasteiger partial charge in [0.15, 0.2) is 0 Å². The van der Waals surface area contributed by atoms with Gasteiger partial charge in [0.1, 0.15) is 6.10 Å². The van der Waals surface area contributed by atoms with Gasteiger partial charge >= 0.3 is 0 Å². The lowest BCUT2D eigenvalue weighted by Gasteiger charge is -2.13. The molecular weight excluding hydrogens is 256 g/mol. The predicted octanol–water partition coefficient (Wildman–Crippen LogP) is 1.70. The number of para-hydroxylation sites is 1.